The highest BCUT2D eigenvalue weighted by Crippen LogP contribution is 2.30. The lowest BCUT2D eigenvalue weighted by Crippen LogP contribution is -2.40. The molecule has 0 spiro atoms. The zero-order valence-corrected chi connectivity index (χ0v) is 10.6. The number of benzene rings is 1. The van der Waals surface area contributed by atoms with Crippen LogP contribution in [0.1, 0.15) is 0 Å². The molecule has 0 saturated carbocycles. The molecule has 1 unspecified atom stereocenters. The number of alkyl halides is 3. The molecule has 12 heteroatoms. The zero-order valence-electron chi connectivity index (χ0n) is 9.77. The van der Waals surface area contributed by atoms with Crippen LogP contribution in [0.15, 0.2) is 29.2 Å². The van der Waals surface area contributed by atoms with E-state index in [9.17, 15) is 36.5 Å². The van der Waals surface area contributed by atoms with E-state index in [2.05, 4.69) is 4.18 Å². The molecule has 0 aliphatic rings. The number of nitro groups is 1. The maximum absolute atomic E-state index is 12.4. The Morgan fingerprint density at radius 3 is 2.29 bits per heavy atom. The fourth-order valence-electron chi connectivity index (χ4n) is 1.23. The molecule has 0 fully saturated rings. The van der Waals surface area contributed by atoms with Crippen LogP contribution in [0.25, 0.3) is 0 Å². The third-order valence-corrected chi connectivity index (χ3v) is 3.41. The van der Waals surface area contributed by atoms with Gasteiger partial charge in [0.2, 0.25) is 0 Å². The molecule has 0 heterocycles. The van der Waals surface area contributed by atoms with Gasteiger partial charge >= 0.3 is 22.3 Å². The van der Waals surface area contributed by atoms with Crippen LogP contribution in [0, 0.1) is 10.1 Å². The van der Waals surface area contributed by atoms with Gasteiger partial charge in [-0.2, -0.15) is 21.6 Å². The van der Waals surface area contributed by atoms with E-state index >= 15 is 0 Å². The molecule has 1 aromatic rings. The van der Waals surface area contributed by atoms with Gasteiger partial charge in [-0.15, -0.1) is 0 Å². The molecule has 0 aliphatic heterocycles. The number of halogens is 3. The highest BCUT2D eigenvalue weighted by Gasteiger charge is 2.50. The second kappa shape index (κ2) is 5.65. The summed E-state index contributed by atoms with van der Waals surface area (Å²) in [6, 6.07) is 3.44. The molecular formula is C9H6F3NO7S. The van der Waals surface area contributed by atoms with Crippen LogP contribution in [0.3, 0.4) is 0 Å². The van der Waals surface area contributed by atoms with E-state index in [1.165, 1.54) is 0 Å². The van der Waals surface area contributed by atoms with Crippen molar-refractivity contribution in [3.8, 4) is 0 Å². The summed E-state index contributed by atoms with van der Waals surface area (Å²) in [7, 11) is -5.31. The fraction of sp³-hybridized carbons (Fsp3) is 0.222. The predicted octanol–water partition coefficient (Wildman–Crippen LogP) is 1.32. The number of nitro benzene ring substituents is 1. The minimum Gasteiger partial charge on any atom is -0.479 e. The molecule has 8 nitrogen and oxygen atoms in total. The fourth-order valence-corrected chi connectivity index (χ4v) is 2.43. The monoisotopic (exact) mass is 329 g/mol. The van der Waals surface area contributed by atoms with E-state index < -0.39 is 43.9 Å². The van der Waals surface area contributed by atoms with Gasteiger partial charge in [0.1, 0.15) is 0 Å². The number of carboxylic acid groups (broad SMARTS) is 1. The summed E-state index contributed by atoms with van der Waals surface area (Å²) in [5, 5.41) is 19.0. The summed E-state index contributed by atoms with van der Waals surface area (Å²) >= 11 is 0. The largest absolute Gasteiger partial charge is 0.479 e. The molecule has 0 saturated heterocycles. The molecule has 0 amide bonds. The van der Waals surface area contributed by atoms with Crippen LogP contribution in [0.4, 0.5) is 18.9 Å². The maximum atomic E-state index is 12.4. The van der Waals surface area contributed by atoms with Crippen molar-refractivity contribution in [1.29, 1.82) is 0 Å². The van der Waals surface area contributed by atoms with Crippen molar-refractivity contribution in [2.45, 2.75) is 17.2 Å². The number of para-hydroxylation sites is 1. The summed E-state index contributed by atoms with van der Waals surface area (Å²) in [6.07, 6.45) is -9.18. The average molecular weight is 329 g/mol. The van der Waals surface area contributed by atoms with Crippen LogP contribution >= 0.6 is 0 Å². The summed E-state index contributed by atoms with van der Waals surface area (Å²) < 4.78 is 64.0. The Hall–Kier alpha value is -2.21. The first-order valence-corrected chi connectivity index (χ1v) is 6.34. The summed E-state index contributed by atoms with van der Waals surface area (Å²) in [6.45, 7) is 0. The molecule has 0 radical (unpaired) electrons. The number of carbonyl (C=O) groups is 1. The van der Waals surface area contributed by atoms with Crippen LogP contribution in [-0.4, -0.2) is 36.7 Å². The molecule has 116 valence electrons. The van der Waals surface area contributed by atoms with Crippen molar-refractivity contribution in [3.63, 3.8) is 0 Å². The van der Waals surface area contributed by atoms with Gasteiger partial charge in [-0.3, -0.25) is 10.1 Å². The van der Waals surface area contributed by atoms with E-state index in [1.807, 2.05) is 0 Å². The minimum absolute atomic E-state index is 0.628. The maximum Gasteiger partial charge on any atom is 0.427 e. The van der Waals surface area contributed by atoms with E-state index in [0.717, 1.165) is 18.2 Å². The number of carboxylic acids is 1. The van der Waals surface area contributed by atoms with Crippen molar-refractivity contribution in [2.24, 2.45) is 0 Å². The zero-order chi connectivity index (χ0) is 16.4. The van der Waals surface area contributed by atoms with Crippen molar-refractivity contribution in [3.05, 3.63) is 34.4 Å². The molecule has 1 rings (SSSR count). The Morgan fingerprint density at radius 2 is 1.86 bits per heavy atom. The predicted molar refractivity (Wildman–Crippen MR) is 58.8 cm³/mol. The number of rotatable bonds is 5. The number of hydrogen-bond acceptors (Lipinski definition) is 6. The lowest BCUT2D eigenvalue weighted by molar-refractivity contribution is -0.388. The molecular weight excluding hydrogens is 323 g/mol. The van der Waals surface area contributed by atoms with Crippen LogP contribution in [0.2, 0.25) is 0 Å². The second-order valence-electron chi connectivity index (χ2n) is 3.54. The van der Waals surface area contributed by atoms with E-state index in [4.69, 9.17) is 5.11 Å². The Bertz CT molecular complexity index is 670. The number of nitrogens with zero attached hydrogens (tertiary/aromatic N) is 1. The van der Waals surface area contributed by atoms with Gasteiger partial charge in [0.05, 0.1) is 4.92 Å². The molecule has 1 N–H and O–H groups in total. The van der Waals surface area contributed by atoms with Crippen LogP contribution in [-0.2, 0) is 19.1 Å². The molecule has 0 aromatic heterocycles. The molecule has 21 heavy (non-hydrogen) atoms. The summed E-state index contributed by atoms with van der Waals surface area (Å²) in [5.41, 5.74) is -1.04. The molecule has 0 bridgehead atoms. The van der Waals surface area contributed by atoms with Crippen molar-refractivity contribution in [2.75, 3.05) is 0 Å². The molecule has 1 atom stereocenters. The van der Waals surface area contributed by atoms with Gasteiger partial charge in [0, 0.05) is 6.07 Å². The van der Waals surface area contributed by atoms with Gasteiger partial charge < -0.3 is 5.11 Å². The lowest BCUT2D eigenvalue weighted by Gasteiger charge is -2.16. The van der Waals surface area contributed by atoms with Gasteiger partial charge in [0.25, 0.3) is 11.8 Å². The van der Waals surface area contributed by atoms with Gasteiger partial charge in [-0.05, 0) is 6.07 Å². The van der Waals surface area contributed by atoms with E-state index in [0.29, 0.717) is 6.07 Å². The number of hydrogen-bond donors (Lipinski definition) is 1. The first-order chi connectivity index (χ1) is 9.47. The average Bonchev–Trinajstić information content (AvgIpc) is 2.34. The highest BCUT2D eigenvalue weighted by molar-refractivity contribution is 7.87. The van der Waals surface area contributed by atoms with Crippen LogP contribution < -0.4 is 0 Å². The summed E-state index contributed by atoms with van der Waals surface area (Å²) in [5.74, 6) is -2.59. The van der Waals surface area contributed by atoms with Crippen molar-refractivity contribution >= 4 is 21.8 Å². The molecule has 0 aliphatic carbocycles. The van der Waals surface area contributed by atoms with E-state index in [1.54, 1.807) is 0 Å². The normalized spacial score (nSPS) is 13.7. The topological polar surface area (TPSA) is 124 Å². The Kier molecular flexibility index (Phi) is 4.53. The van der Waals surface area contributed by atoms with Crippen molar-refractivity contribution < 1.29 is 40.6 Å². The highest BCUT2D eigenvalue weighted by atomic mass is 32.2. The smallest absolute Gasteiger partial charge is 0.427 e. The quantitative estimate of drug-likeness (QED) is 0.490. The molecule has 1 aromatic carbocycles. The first kappa shape index (κ1) is 16.8. The third-order valence-electron chi connectivity index (χ3n) is 2.08. The minimum atomic E-state index is -5.51. The lowest BCUT2D eigenvalue weighted by atomic mass is 10.3. The number of aliphatic carboxylic acids is 1. The van der Waals surface area contributed by atoms with E-state index in [-0.39, 0.29) is 0 Å². The van der Waals surface area contributed by atoms with Gasteiger partial charge in [-0.1, -0.05) is 12.1 Å². The van der Waals surface area contributed by atoms with Gasteiger partial charge in [0.15, 0.2) is 4.90 Å². The summed E-state index contributed by atoms with van der Waals surface area (Å²) in [4.78, 5) is 18.7. The van der Waals surface area contributed by atoms with Crippen LogP contribution in [0.5, 0.6) is 0 Å². The van der Waals surface area contributed by atoms with Gasteiger partial charge in [-0.25, -0.2) is 8.98 Å². The third kappa shape index (κ3) is 3.88. The van der Waals surface area contributed by atoms with Crippen molar-refractivity contribution in [1.82, 2.24) is 0 Å². The Labute approximate surface area is 115 Å². The SMILES string of the molecule is O=C(O)C(OS(=O)(=O)c1ccccc1[N+](=O)[O-])C(F)(F)F. The first-order valence-electron chi connectivity index (χ1n) is 4.93. The Balaban J connectivity index is 3.30. The second-order valence-corrected chi connectivity index (χ2v) is 5.08. The Morgan fingerprint density at radius 1 is 1.33 bits per heavy atom. The standard InChI is InChI=1S/C9H6F3NO7S/c10-9(11,12)7(8(14)15)20-21(18,19)6-4-2-1-3-5(6)13(16)17/h1-4,7H,(H,14,15).